The first-order chi connectivity index (χ1) is 19.0. The summed E-state index contributed by atoms with van der Waals surface area (Å²) in [5.41, 5.74) is 12.1. The molecule has 9 heteroatoms. The minimum absolute atomic E-state index is 0.361. The average molecular weight is 538 g/mol. The molecule has 1 saturated carbocycles. The summed E-state index contributed by atoms with van der Waals surface area (Å²) in [5.74, 6) is 1.89. The third-order valence-electron chi connectivity index (χ3n) is 8.28. The van der Waals surface area contributed by atoms with E-state index in [1.807, 2.05) is 24.4 Å². The molecule has 1 aliphatic heterocycles. The maximum Gasteiger partial charge on any atom is 0.150 e. The lowest BCUT2D eigenvalue weighted by Crippen LogP contribution is -2.53. The highest BCUT2D eigenvalue weighted by Gasteiger charge is 2.38. The zero-order valence-corrected chi connectivity index (χ0v) is 22.7. The molecule has 1 atom stereocenters. The number of aromatic nitrogens is 4. The molecule has 2 fully saturated rings. The Bertz CT molecular complexity index is 1690. The van der Waals surface area contributed by atoms with E-state index in [1.54, 1.807) is 12.5 Å². The molecule has 1 unspecified atom stereocenters. The number of piperazine rings is 1. The van der Waals surface area contributed by atoms with Crippen LogP contribution in [0.2, 0.25) is 0 Å². The van der Waals surface area contributed by atoms with Gasteiger partial charge >= 0.3 is 0 Å². The van der Waals surface area contributed by atoms with Crippen molar-refractivity contribution in [1.82, 2.24) is 28.6 Å². The van der Waals surface area contributed by atoms with E-state index in [1.165, 1.54) is 0 Å². The second-order valence-corrected chi connectivity index (χ2v) is 11.9. The fourth-order valence-electron chi connectivity index (χ4n) is 6.03. The van der Waals surface area contributed by atoms with Gasteiger partial charge in [-0.15, -0.1) is 0 Å². The van der Waals surface area contributed by atoms with Gasteiger partial charge in [0.1, 0.15) is 22.9 Å². The summed E-state index contributed by atoms with van der Waals surface area (Å²) in [5, 5.41) is 1.09. The molecule has 5 aromatic rings. The molecule has 0 bridgehead atoms. The number of hydrogen-bond acceptors (Lipinski definition) is 6. The Hall–Kier alpha value is -3.66. The van der Waals surface area contributed by atoms with Gasteiger partial charge in [0.25, 0.3) is 0 Å². The summed E-state index contributed by atoms with van der Waals surface area (Å²) in [6.45, 7) is 3.67. The van der Waals surface area contributed by atoms with Crippen LogP contribution in [0.4, 0.5) is 5.82 Å². The van der Waals surface area contributed by atoms with E-state index < -0.39 is 11.0 Å². The van der Waals surface area contributed by atoms with Crippen LogP contribution >= 0.6 is 0 Å². The molecular formula is C30H31N7OS. The standard InChI is InChI=1S/C30H31N7OS/c1-39(38)36-15-13-35(14-16-36)24-17-23(18-24)30-34-27(28-29(31)32-11-12-37(28)30)22-8-7-21-9-10-25(33-26(21)19-22)20-5-3-2-4-6-20/h2-12,19,23-24H,13-18H2,1H3,(H2,31,32). The van der Waals surface area contributed by atoms with Crippen LogP contribution < -0.4 is 5.73 Å². The van der Waals surface area contributed by atoms with Crippen molar-refractivity contribution in [2.75, 3.05) is 38.2 Å². The van der Waals surface area contributed by atoms with Crippen LogP contribution in [-0.2, 0) is 11.0 Å². The SMILES string of the molecule is CS(=O)N1CCN(C2CC(c3nc(-c4ccc5ccc(-c6ccccc6)nc5c4)c4c(N)nccn34)C2)CC1. The van der Waals surface area contributed by atoms with E-state index in [-0.39, 0.29) is 0 Å². The van der Waals surface area contributed by atoms with Gasteiger partial charge in [-0.2, -0.15) is 0 Å². The Balaban J connectivity index is 1.20. The van der Waals surface area contributed by atoms with Crippen molar-refractivity contribution in [3.8, 4) is 22.5 Å². The van der Waals surface area contributed by atoms with Crippen molar-refractivity contribution in [3.63, 3.8) is 0 Å². The average Bonchev–Trinajstić information content (AvgIpc) is 3.33. The zero-order chi connectivity index (χ0) is 26.5. The molecule has 198 valence electrons. The van der Waals surface area contributed by atoms with Crippen molar-refractivity contribution in [3.05, 3.63) is 78.9 Å². The highest BCUT2D eigenvalue weighted by Crippen LogP contribution is 2.42. The first kappa shape index (κ1) is 24.4. The van der Waals surface area contributed by atoms with Crippen molar-refractivity contribution < 1.29 is 4.21 Å². The minimum atomic E-state index is -0.884. The predicted octanol–water partition coefficient (Wildman–Crippen LogP) is 4.35. The van der Waals surface area contributed by atoms with Crippen LogP contribution in [0.3, 0.4) is 0 Å². The molecule has 7 rings (SSSR count). The highest BCUT2D eigenvalue weighted by molar-refractivity contribution is 7.81. The van der Waals surface area contributed by atoms with Crippen molar-refractivity contribution in [2.24, 2.45) is 0 Å². The minimum Gasteiger partial charge on any atom is -0.382 e. The number of nitrogen functional groups attached to an aromatic ring is 1. The third kappa shape index (κ3) is 4.40. The molecule has 39 heavy (non-hydrogen) atoms. The summed E-state index contributed by atoms with van der Waals surface area (Å²) >= 11 is 0. The van der Waals surface area contributed by atoms with Crippen LogP contribution in [-0.4, -0.2) is 71.2 Å². The largest absolute Gasteiger partial charge is 0.382 e. The number of anilines is 1. The summed E-state index contributed by atoms with van der Waals surface area (Å²) in [4.78, 5) is 17.1. The van der Waals surface area contributed by atoms with Crippen LogP contribution in [0.15, 0.2) is 73.1 Å². The van der Waals surface area contributed by atoms with Gasteiger partial charge in [-0.25, -0.2) is 23.5 Å². The quantitative estimate of drug-likeness (QED) is 0.358. The molecule has 4 heterocycles. The smallest absolute Gasteiger partial charge is 0.150 e. The molecular weight excluding hydrogens is 506 g/mol. The lowest BCUT2D eigenvalue weighted by molar-refractivity contribution is 0.0744. The number of hydrogen-bond donors (Lipinski definition) is 1. The molecule has 1 aliphatic carbocycles. The topological polar surface area (TPSA) is 92.7 Å². The highest BCUT2D eigenvalue weighted by atomic mass is 32.2. The molecule has 0 spiro atoms. The Kier molecular flexibility index (Phi) is 6.14. The zero-order valence-electron chi connectivity index (χ0n) is 21.9. The number of nitrogens with zero attached hydrogens (tertiary/aromatic N) is 6. The van der Waals surface area contributed by atoms with E-state index in [2.05, 4.69) is 61.1 Å². The van der Waals surface area contributed by atoms with E-state index >= 15 is 0 Å². The fraction of sp³-hybridized carbons (Fsp3) is 0.300. The number of benzene rings is 2. The fourth-order valence-corrected chi connectivity index (χ4v) is 6.71. The Labute approximate surface area is 230 Å². The van der Waals surface area contributed by atoms with Gasteiger partial charge in [-0.1, -0.05) is 48.5 Å². The van der Waals surface area contributed by atoms with Crippen LogP contribution in [0.25, 0.3) is 38.9 Å². The molecule has 0 radical (unpaired) electrons. The molecule has 2 aliphatic rings. The van der Waals surface area contributed by atoms with E-state index in [9.17, 15) is 4.21 Å². The first-order valence-corrected chi connectivity index (χ1v) is 15.0. The van der Waals surface area contributed by atoms with E-state index in [0.29, 0.717) is 17.8 Å². The van der Waals surface area contributed by atoms with Gasteiger partial charge in [0.15, 0.2) is 0 Å². The Morgan fingerprint density at radius 3 is 2.46 bits per heavy atom. The first-order valence-electron chi connectivity index (χ1n) is 13.5. The van der Waals surface area contributed by atoms with Crippen molar-refractivity contribution in [2.45, 2.75) is 24.8 Å². The number of imidazole rings is 1. The van der Waals surface area contributed by atoms with Crippen molar-refractivity contribution >= 4 is 33.2 Å². The van der Waals surface area contributed by atoms with Gasteiger partial charge in [-0.05, 0) is 25.0 Å². The van der Waals surface area contributed by atoms with Gasteiger partial charge in [0.2, 0.25) is 0 Å². The van der Waals surface area contributed by atoms with E-state index in [0.717, 1.165) is 83.8 Å². The molecule has 1 saturated heterocycles. The molecule has 0 amide bonds. The van der Waals surface area contributed by atoms with Gasteiger partial charge < -0.3 is 5.73 Å². The van der Waals surface area contributed by atoms with Crippen LogP contribution in [0.5, 0.6) is 0 Å². The number of pyridine rings is 1. The van der Waals surface area contributed by atoms with Gasteiger partial charge in [0, 0.05) is 73.3 Å². The summed E-state index contributed by atoms with van der Waals surface area (Å²) < 4.78 is 16.0. The second kappa shape index (κ2) is 9.82. The summed E-state index contributed by atoms with van der Waals surface area (Å²) in [7, 11) is -0.884. The number of fused-ring (bicyclic) bond motifs is 2. The van der Waals surface area contributed by atoms with Gasteiger partial charge in [-0.3, -0.25) is 9.30 Å². The monoisotopic (exact) mass is 537 g/mol. The second-order valence-electron chi connectivity index (χ2n) is 10.5. The maximum absolute atomic E-state index is 11.8. The number of nitrogens with two attached hydrogens (primary N) is 1. The molecule has 8 nitrogen and oxygen atoms in total. The summed E-state index contributed by atoms with van der Waals surface area (Å²) in [6, 6.07) is 21.3. The van der Waals surface area contributed by atoms with Crippen LogP contribution in [0, 0.1) is 0 Å². The normalized spacial score (nSPS) is 21.3. The summed E-state index contributed by atoms with van der Waals surface area (Å²) in [6.07, 6.45) is 7.63. The third-order valence-corrected chi connectivity index (χ3v) is 9.37. The Morgan fingerprint density at radius 1 is 0.923 bits per heavy atom. The van der Waals surface area contributed by atoms with E-state index in [4.69, 9.17) is 15.7 Å². The number of rotatable bonds is 5. The molecule has 2 N–H and O–H groups in total. The van der Waals surface area contributed by atoms with Gasteiger partial charge in [0.05, 0.1) is 22.2 Å². The predicted molar refractivity (Wildman–Crippen MR) is 157 cm³/mol. The maximum atomic E-state index is 11.8. The lowest BCUT2D eigenvalue weighted by Gasteiger charge is -2.45. The molecule has 3 aromatic heterocycles. The molecule has 2 aromatic carbocycles. The van der Waals surface area contributed by atoms with Crippen LogP contribution in [0.1, 0.15) is 24.6 Å². The lowest BCUT2D eigenvalue weighted by atomic mass is 9.78. The van der Waals surface area contributed by atoms with Crippen molar-refractivity contribution in [1.29, 1.82) is 0 Å². The Morgan fingerprint density at radius 2 is 1.69 bits per heavy atom.